The minimum atomic E-state index is 0.622. The summed E-state index contributed by atoms with van der Waals surface area (Å²) in [6, 6.07) is 11.9. The fourth-order valence-electron chi connectivity index (χ4n) is 2.90. The molecule has 4 nitrogen and oxygen atoms in total. The van der Waals surface area contributed by atoms with E-state index in [4.69, 9.17) is 9.47 Å². The van der Waals surface area contributed by atoms with Crippen molar-refractivity contribution in [1.82, 2.24) is 9.88 Å². The Morgan fingerprint density at radius 1 is 1.09 bits per heavy atom. The minimum Gasteiger partial charge on any atom is -0.493 e. The highest BCUT2D eigenvalue weighted by molar-refractivity contribution is 5.68. The van der Waals surface area contributed by atoms with Crippen LogP contribution < -0.4 is 9.47 Å². The Kier molecular flexibility index (Phi) is 5.48. The molecule has 1 aromatic heterocycles. The number of hydrogen-bond acceptors (Lipinski definition) is 4. The number of pyridine rings is 1. The number of likely N-dealkylation sites (tertiary alicyclic amines) is 1. The van der Waals surface area contributed by atoms with Crippen molar-refractivity contribution in [3.05, 3.63) is 42.6 Å². The summed E-state index contributed by atoms with van der Waals surface area (Å²) in [4.78, 5) is 6.86. The van der Waals surface area contributed by atoms with Crippen molar-refractivity contribution >= 4 is 0 Å². The van der Waals surface area contributed by atoms with Gasteiger partial charge in [0, 0.05) is 24.4 Å². The summed E-state index contributed by atoms with van der Waals surface area (Å²) in [7, 11) is 0. The number of nitrogens with zero attached hydrogens (tertiary/aromatic N) is 2. The highest BCUT2D eigenvalue weighted by atomic mass is 16.5. The molecule has 3 rings (SSSR count). The van der Waals surface area contributed by atoms with Crippen molar-refractivity contribution in [2.75, 3.05) is 32.8 Å². The molecule has 1 aliphatic heterocycles. The molecule has 0 bridgehead atoms. The van der Waals surface area contributed by atoms with Gasteiger partial charge in [0.2, 0.25) is 0 Å². The van der Waals surface area contributed by atoms with Crippen LogP contribution in [0.15, 0.2) is 42.6 Å². The molecule has 23 heavy (non-hydrogen) atoms. The highest BCUT2D eigenvalue weighted by Gasteiger charge is 2.12. The Morgan fingerprint density at radius 3 is 2.70 bits per heavy atom. The molecule has 1 saturated heterocycles. The van der Waals surface area contributed by atoms with Gasteiger partial charge in [-0.3, -0.25) is 9.88 Å². The third-order valence-electron chi connectivity index (χ3n) is 4.07. The minimum absolute atomic E-state index is 0.622. The average molecular weight is 312 g/mol. The second kappa shape index (κ2) is 7.97. The number of ether oxygens (including phenoxy) is 2. The first kappa shape index (κ1) is 15.8. The summed E-state index contributed by atoms with van der Waals surface area (Å²) in [5, 5.41) is 0. The average Bonchev–Trinajstić information content (AvgIpc) is 3.10. The molecule has 0 aliphatic carbocycles. The van der Waals surface area contributed by atoms with Crippen LogP contribution in [-0.4, -0.2) is 42.7 Å². The first-order valence-electron chi connectivity index (χ1n) is 8.40. The Balaban J connectivity index is 1.68. The van der Waals surface area contributed by atoms with Crippen LogP contribution in [-0.2, 0) is 0 Å². The van der Waals surface area contributed by atoms with Crippen molar-refractivity contribution in [1.29, 1.82) is 0 Å². The van der Waals surface area contributed by atoms with E-state index in [2.05, 4.69) is 9.88 Å². The summed E-state index contributed by atoms with van der Waals surface area (Å²) in [6.07, 6.45) is 4.42. The van der Waals surface area contributed by atoms with Crippen LogP contribution in [0.4, 0.5) is 0 Å². The number of hydrogen-bond donors (Lipinski definition) is 0. The Labute approximate surface area is 138 Å². The maximum absolute atomic E-state index is 5.90. The molecule has 2 heterocycles. The SMILES string of the molecule is CCOc1cc(OCCN2CCCC2)ccc1-c1ccccn1. The molecule has 0 radical (unpaired) electrons. The van der Waals surface area contributed by atoms with Crippen LogP contribution in [0.25, 0.3) is 11.3 Å². The van der Waals surface area contributed by atoms with Crippen molar-refractivity contribution in [2.45, 2.75) is 19.8 Å². The van der Waals surface area contributed by atoms with Gasteiger partial charge in [-0.1, -0.05) is 6.07 Å². The highest BCUT2D eigenvalue weighted by Crippen LogP contribution is 2.32. The zero-order valence-corrected chi connectivity index (χ0v) is 13.7. The smallest absolute Gasteiger partial charge is 0.132 e. The lowest BCUT2D eigenvalue weighted by Gasteiger charge is -2.16. The summed E-state index contributed by atoms with van der Waals surface area (Å²) in [6.45, 7) is 6.72. The predicted molar refractivity (Wildman–Crippen MR) is 92.0 cm³/mol. The van der Waals surface area contributed by atoms with Gasteiger partial charge >= 0.3 is 0 Å². The molecule has 0 amide bonds. The van der Waals surface area contributed by atoms with Crippen LogP contribution in [0.2, 0.25) is 0 Å². The Bertz CT molecular complexity index is 610. The van der Waals surface area contributed by atoms with Gasteiger partial charge in [-0.2, -0.15) is 0 Å². The molecule has 0 unspecified atom stereocenters. The van der Waals surface area contributed by atoms with Gasteiger partial charge in [-0.25, -0.2) is 0 Å². The summed E-state index contributed by atoms with van der Waals surface area (Å²) in [5.41, 5.74) is 1.92. The largest absolute Gasteiger partial charge is 0.493 e. The summed E-state index contributed by atoms with van der Waals surface area (Å²) < 4.78 is 11.7. The maximum atomic E-state index is 5.90. The van der Waals surface area contributed by atoms with Gasteiger partial charge in [0.05, 0.1) is 12.3 Å². The zero-order chi connectivity index (χ0) is 15.9. The Hall–Kier alpha value is -2.07. The van der Waals surface area contributed by atoms with Crippen molar-refractivity contribution in [3.63, 3.8) is 0 Å². The number of aromatic nitrogens is 1. The second-order valence-corrected chi connectivity index (χ2v) is 5.70. The van der Waals surface area contributed by atoms with Crippen molar-refractivity contribution < 1.29 is 9.47 Å². The molecule has 122 valence electrons. The standard InChI is InChI=1S/C19H24N2O2/c1-2-22-19-15-16(23-14-13-21-11-5-6-12-21)8-9-17(19)18-7-3-4-10-20-18/h3-4,7-10,15H,2,5-6,11-14H2,1H3. The van der Waals surface area contributed by atoms with E-state index in [0.29, 0.717) is 13.2 Å². The van der Waals surface area contributed by atoms with E-state index in [-0.39, 0.29) is 0 Å². The molecule has 1 aromatic carbocycles. The second-order valence-electron chi connectivity index (χ2n) is 5.70. The third kappa shape index (κ3) is 4.23. The van der Waals surface area contributed by atoms with Crippen LogP contribution in [0.1, 0.15) is 19.8 Å². The summed E-state index contributed by atoms with van der Waals surface area (Å²) >= 11 is 0. The number of rotatable bonds is 7. The molecule has 0 N–H and O–H groups in total. The fourth-order valence-corrected chi connectivity index (χ4v) is 2.90. The molecule has 0 atom stereocenters. The van der Waals surface area contributed by atoms with Crippen LogP contribution >= 0.6 is 0 Å². The van der Waals surface area contributed by atoms with Crippen molar-refractivity contribution in [2.24, 2.45) is 0 Å². The molecule has 1 aliphatic rings. The normalized spacial score (nSPS) is 14.8. The van der Waals surface area contributed by atoms with Crippen molar-refractivity contribution in [3.8, 4) is 22.8 Å². The van der Waals surface area contributed by atoms with Crippen LogP contribution in [0, 0.1) is 0 Å². The molecular formula is C19H24N2O2. The monoisotopic (exact) mass is 312 g/mol. The predicted octanol–water partition coefficient (Wildman–Crippen LogP) is 3.62. The molecule has 4 heteroatoms. The summed E-state index contributed by atoms with van der Waals surface area (Å²) in [5.74, 6) is 1.68. The van der Waals surface area contributed by atoms with Gasteiger partial charge in [-0.15, -0.1) is 0 Å². The maximum Gasteiger partial charge on any atom is 0.132 e. The molecular weight excluding hydrogens is 288 g/mol. The van der Waals surface area contributed by atoms with Gasteiger partial charge in [0.25, 0.3) is 0 Å². The molecule has 0 saturated carbocycles. The van der Waals surface area contributed by atoms with E-state index in [1.807, 2.05) is 43.3 Å². The number of benzene rings is 1. The van der Waals surface area contributed by atoms with Gasteiger partial charge in [0.1, 0.15) is 18.1 Å². The quantitative estimate of drug-likeness (QED) is 0.782. The van der Waals surface area contributed by atoms with Crippen LogP contribution in [0.5, 0.6) is 11.5 Å². The van der Waals surface area contributed by atoms with E-state index < -0.39 is 0 Å². The molecule has 0 spiro atoms. The van der Waals surface area contributed by atoms with E-state index in [1.54, 1.807) is 6.20 Å². The van der Waals surface area contributed by atoms with E-state index in [9.17, 15) is 0 Å². The van der Waals surface area contributed by atoms with Gasteiger partial charge in [0.15, 0.2) is 0 Å². The van der Waals surface area contributed by atoms with Crippen LogP contribution in [0.3, 0.4) is 0 Å². The van der Waals surface area contributed by atoms with E-state index >= 15 is 0 Å². The van der Waals surface area contributed by atoms with Gasteiger partial charge in [-0.05, 0) is 57.1 Å². The van der Waals surface area contributed by atoms with Gasteiger partial charge < -0.3 is 9.47 Å². The Morgan fingerprint density at radius 2 is 1.96 bits per heavy atom. The fraction of sp³-hybridized carbons (Fsp3) is 0.421. The third-order valence-corrected chi connectivity index (χ3v) is 4.07. The first-order valence-corrected chi connectivity index (χ1v) is 8.40. The lowest BCUT2D eigenvalue weighted by Crippen LogP contribution is -2.25. The molecule has 1 fully saturated rings. The lowest BCUT2D eigenvalue weighted by atomic mass is 10.1. The topological polar surface area (TPSA) is 34.6 Å². The zero-order valence-electron chi connectivity index (χ0n) is 13.7. The first-order chi connectivity index (χ1) is 11.4. The van der Waals surface area contributed by atoms with E-state index in [0.717, 1.165) is 29.3 Å². The lowest BCUT2D eigenvalue weighted by molar-refractivity contribution is 0.236. The van der Waals surface area contributed by atoms with E-state index in [1.165, 1.54) is 25.9 Å². The molecule has 2 aromatic rings.